The normalized spacial score (nSPS) is 11.7. The van der Waals surface area contributed by atoms with Crippen LogP contribution in [-0.2, 0) is 27.5 Å². The number of carbonyl (C=O) groups is 1. The lowest BCUT2D eigenvalue weighted by molar-refractivity contribution is -0.137. The zero-order valence-corrected chi connectivity index (χ0v) is 21.2. The number of sulfonamides is 1. The first kappa shape index (κ1) is 27.4. The van der Waals surface area contributed by atoms with Gasteiger partial charge >= 0.3 is 6.18 Å². The van der Waals surface area contributed by atoms with Gasteiger partial charge in [-0.15, -0.1) is 11.8 Å². The lowest BCUT2D eigenvalue weighted by Crippen LogP contribution is -2.41. The zero-order valence-electron chi connectivity index (χ0n) is 19.6. The molecule has 0 atom stereocenters. The predicted molar refractivity (Wildman–Crippen MR) is 134 cm³/mol. The summed E-state index contributed by atoms with van der Waals surface area (Å²) in [6.07, 6.45) is -2.65. The maximum atomic E-state index is 13.6. The average molecular weight is 539 g/mol. The molecule has 0 aromatic heterocycles. The van der Waals surface area contributed by atoms with Gasteiger partial charge in [-0.2, -0.15) is 13.2 Å². The molecule has 3 aromatic carbocycles. The molecule has 1 N–H and O–H groups in total. The summed E-state index contributed by atoms with van der Waals surface area (Å²) in [5, 5.41) is 2.51. The van der Waals surface area contributed by atoms with Gasteiger partial charge in [-0.3, -0.25) is 9.10 Å². The summed E-state index contributed by atoms with van der Waals surface area (Å²) in [5.41, 5.74) is -0.435. The van der Waals surface area contributed by atoms with Crippen LogP contribution in [0, 0.1) is 0 Å². The summed E-state index contributed by atoms with van der Waals surface area (Å²) >= 11 is 1.46. The number of benzene rings is 3. The topological polar surface area (TPSA) is 75.7 Å². The van der Waals surface area contributed by atoms with Gasteiger partial charge in [0.05, 0.1) is 22.8 Å². The second kappa shape index (κ2) is 11.7. The standard InChI is InChI=1S/C25H25F3N2O4S2/c1-3-34-23-10-5-4-9-22(23)30(36(32,33)21-13-11-20(35-2)12-14-21)17-24(31)29-16-18-7-6-8-19(15-18)25(26,27)28/h4-15H,3,16-17H2,1-2H3,(H,29,31). The summed E-state index contributed by atoms with van der Waals surface area (Å²) in [6.45, 7) is 1.22. The van der Waals surface area contributed by atoms with Gasteiger partial charge in [-0.1, -0.05) is 24.3 Å². The smallest absolute Gasteiger partial charge is 0.416 e. The quantitative estimate of drug-likeness (QED) is 0.353. The molecule has 0 fully saturated rings. The maximum Gasteiger partial charge on any atom is 0.416 e. The van der Waals surface area contributed by atoms with Crippen LogP contribution in [0.25, 0.3) is 0 Å². The van der Waals surface area contributed by atoms with Crippen molar-refractivity contribution in [1.29, 1.82) is 0 Å². The Morgan fingerprint density at radius 1 is 1.03 bits per heavy atom. The number of nitrogens with one attached hydrogen (secondary N) is 1. The number of para-hydroxylation sites is 2. The third kappa shape index (κ3) is 6.73. The molecule has 0 radical (unpaired) electrons. The van der Waals surface area contributed by atoms with Crippen LogP contribution in [0.1, 0.15) is 18.1 Å². The Morgan fingerprint density at radius 2 is 1.72 bits per heavy atom. The van der Waals surface area contributed by atoms with Crippen molar-refractivity contribution in [2.75, 3.05) is 23.7 Å². The molecule has 11 heteroatoms. The van der Waals surface area contributed by atoms with E-state index >= 15 is 0 Å². The molecule has 3 aromatic rings. The summed E-state index contributed by atoms with van der Waals surface area (Å²) < 4.78 is 72.7. The van der Waals surface area contributed by atoms with Crippen LogP contribution < -0.4 is 14.4 Å². The Labute approximate surface area is 212 Å². The van der Waals surface area contributed by atoms with Gasteiger partial charge in [-0.05, 0) is 67.3 Å². The van der Waals surface area contributed by atoms with E-state index in [1.165, 1.54) is 42.1 Å². The molecule has 0 saturated heterocycles. The summed E-state index contributed by atoms with van der Waals surface area (Å²) in [4.78, 5) is 13.7. The van der Waals surface area contributed by atoms with Gasteiger partial charge in [0, 0.05) is 11.4 Å². The Kier molecular flexibility index (Phi) is 8.91. The molecule has 0 unspecified atom stereocenters. The first-order valence-electron chi connectivity index (χ1n) is 10.9. The van der Waals surface area contributed by atoms with Crippen molar-refractivity contribution in [2.24, 2.45) is 0 Å². The molecule has 6 nitrogen and oxygen atoms in total. The van der Waals surface area contributed by atoms with Crippen molar-refractivity contribution in [3.63, 3.8) is 0 Å². The van der Waals surface area contributed by atoms with Gasteiger partial charge in [0.1, 0.15) is 12.3 Å². The molecular weight excluding hydrogens is 513 g/mol. The number of alkyl halides is 3. The van der Waals surface area contributed by atoms with E-state index in [0.717, 1.165) is 21.3 Å². The number of anilines is 1. The molecule has 192 valence electrons. The van der Waals surface area contributed by atoms with Gasteiger partial charge in [0.15, 0.2) is 0 Å². The fourth-order valence-corrected chi connectivity index (χ4v) is 5.20. The minimum Gasteiger partial charge on any atom is -0.492 e. The number of hydrogen-bond donors (Lipinski definition) is 1. The summed E-state index contributed by atoms with van der Waals surface area (Å²) in [5.74, 6) is -0.419. The number of amides is 1. The van der Waals surface area contributed by atoms with Crippen molar-refractivity contribution >= 4 is 33.4 Å². The van der Waals surface area contributed by atoms with Gasteiger partial charge in [0.25, 0.3) is 10.0 Å². The molecule has 0 aliphatic rings. The Morgan fingerprint density at radius 3 is 2.36 bits per heavy atom. The first-order valence-corrected chi connectivity index (χ1v) is 13.5. The number of halogens is 3. The summed E-state index contributed by atoms with van der Waals surface area (Å²) in [6, 6.07) is 17.2. The van der Waals surface area contributed by atoms with E-state index in [1.54, 1.807) is 37.3 Å². The minimum absolute atomic E-state index is 0.0164. The van der Waals surface area contributed by atoms with Crippen LogP contribution in [0.15, 0.2) is 82.6 Å². The fourth-order valence-electron chi connectivity index (χ4n) is 3.36. The molecule has 1 amide bonds. The highest BCUT2D eigenvalue weighted by molar-refractivity contribution is 7.98. The first-order chi connectivity index (χ1) is 17.1. The fraction of sp³-hybridized carbons (Fsp3) is 0.240. The highest BCUT2D eigenvalue weighted by atomic mass is 32.2. The van der Waals surface area contributed by atoms with Crippen molar-refractivity contribution in [2.45, 2.75) is 29.4 Å². The van der Waals surface area contributed by atoms with Gasteiger partial charge in [0.2, 0.25) is 5.91 Å². The molecule has 36 heavy (non-hydrogen) atoms. The van der Waals surface area contributed by atoms with Crippen LogP contribution >= 0.6 is 11.8 Å². The number of nitrogens with zero attached hydrogens (tertiary/aromatic N) is 1. The third-order valence-electron chi connectivity index (χ3n) is 5.11. The van der Waals surface area contributed by atoms with Crippen molar-refractivity contribution in [1.82, 2.24) is 5.32 Å². The number of rotatable bonds is 10. The Bertz CT molecular complexity index is 1300. The second-order valence-electron chi connectivity index (χ2n) is 7.56. The van der Waals surface area contributed by atoms with Gasteiger partial charge in [-0.25, -0.2) is 8.42 Å². The van der Waals surface area contributed by atoms with Crippen LogP contribution in [0.4, 0.5) is 18.9 Å². The number of hydrogen-bond acceptors (Lipinski definition) is 5. The SMILES string of the molecule is CCOc1ccccc1N(CC(=O)NCc1cccc(C(F)(F)F)c1)S(=O)(=O)c1ccc(SC)cc1. The second-order valence-corrected chi connectivity index (χ2v) is 10.3. The molecule has 3 rings (SSSR count). The Balaban J connectivity index is 1.89. The van der Waals surface area contributed by atoms with Crippen molar-refractivity contribution in [3.8, 4) is 5.75 Å². The molecular formula is C25H25F3N2O4S2. The molecule has 0 heterocycles. The largest absolute Gasteiger partial charge is 0.492 e. The van der Waals surface area contributed by atoms with Crippen molar-refractivity contribution in [3.05, 3.63) is 83.9 Å². The monoisotopic (exact) mass is 538 g/mol. The minimum atomic E-state index is -4.51. The van der Waals surface area contributed by atoms with E-state index < -0.39 is 34.2 Å². The summed E-state index contributed by atoms with van der Waals surface area (Å²) in [7, 11) is -4.19. The van der Waals surface area contributed by atoms with Crippen molar-refractivity contribution < 1.29 is 31.1 Å². The van der Waals surface area contributed by atoms with E-state index in [1.807, 2.05) is 6.26 Å². The highest BCUT2D eigenvalue weighted by Gasteiger charge is 2.31. The number of ether oxygens (including phenoxy) is 1. The molecule has 0 spiro atoms. The van der Waals surface area contributed by atoms with E-state index in [9.17, 15) is 26.4 Å². The number of thioether (sulfide) groups is 1. The average Bonchev–Trinajstić information content (AvgIpc) is 2.86. The Hall–Kier alpha value is -3.18. The third-order valence-corrected chi connectivity index (χ3v) is 7.63. The van der Waals surface area contributed by atoms with Gasteiger partial charge < -0.3 is 10.1 Å². The molecule has 0 saturated carbocycles. The zero-order chi connectivity index (χ0) is 26.3. The van der Waals surface area contributed by atoms with Crippen LogP contribution in [0.2, 0.25) is 0 Å². The lowest BCUT2D eigenvalue weighted by Gasteiger charge is -2.26. The van der Waals surface area contributed by atoms with E-state index in [2.05, 4.69) is 5.32 Å². The molecule has 0 aliphatic carbocycles. The van der Waals surface area contributed by atoms with Crippen LogP contribution in [0.5, 0.6) is 5.75 Å². The van der Waals surface area contributed by atoms with Crippen LogP contribution in [0.3, 0.4) is 0 Å². The lowest BCUT2D eigenvalue weighted by atomic mass is 10.1. The van der Waals surface area contributed by atoms with E-state index in [-0.39, 0.29) is 35.0 Å². The predicted octanol–water partition coefficient (Wildman–Crippen LogP) is 5.34. The number of carbonyl (C=O) groups excluding carboxylic acids is 1. The van der Waals surface area contributed by atoms with E-state index in [0.29, 0.717) is 0 Å². The maximum absolute atomic E-state index is 13.6. The van der Waals surface area contributed by atoms with E-state index in [4.69, 9.17) is 4.74 Å². The van der Waals surface area contributed by atoms with Crippen LogP contribution in [-0.4, -0.2) is 33.7 Å². The molecule has 0 bridgehead atoms. The molecule has 0 aliphatic heterocycles. The highest BCUT2D eigenvalue weighted by Crippen LogP contribution is 2.33.